The number of ether oxygens (including phenoxy) is 1. The molecule has 192 valence electrons. The van der Waals surface area contributed by atoms with E-state index in [2.05, 4.69) is 15.1 Å². The van der Waals surface area contributed by atoms with Gasteiger partial charge in [-0.2, -0.15) is 23.3 Å². The van der Waals surface area contributed by atoms with Crippen LogP contribution >= 0.6 is 0 Å². The smallest absolute Gasteiger partial charge is 0.429 e. The first kappa shape index (κ1) is 25.6. The Morgan fingerprint density at radius 1 is 1.11 bits per heavy atom. The topological polar surface area (TPSA) is 142 Å². The van der Waals surface area contributed by atoms with Crippen molar-refractivity contribution in [3.8, 4) is 22.8 Å². The highest BCUT2D eigenvalue weighted by Crippen LogP contribution is 2.39. The number of benzene rings is 2. The Kier molecular flexibility index (Phi) is 7.11. The molecular formula is C25H23F3N6O3. The number of aliphatic carboxylic acids is 1. The van der Waals surface area contributed by atoms with Crippen LogP contribution in [0.15, 0.2) is 66.9 Å². The minimum absolute atomic E-state index is 0.109. The lowest BCUT2D eigenvalue weighted by Crippen LogP contribution is -2.32. The number of aromatic nitrogens is 4. The van der Waals surface area contributed by atoms with Gasteiger partial charge in [0, 0.05) is 23.4 Å². The van der Waals surface area contributed by atoms with Crippen LogP contribution in [-0.4, -0.2) is 43.0 Å². The minimum atomic E-state index is -4.79. The third-order valence-electron chi connectivity index (χ3n) is 5.47. The summed E-state index contributed by atoms with van der Waals surface area (Å²) in [6.45, 7) is 1.73. The lowest BCUT2D eigenvalue weighted by Gasteiger charge is -2.24. The number of carboxylic acid groups (broad SMARTS) is 1. The molecule has 37 heavy (non-hydrogen) atoms. The Morgan fingerprint density at radius 2 is 1.81 bits per heavy atom. The maximum Gasteiger partial charge on any atom is 0.429 e. The lowest BCUT2D eigenvalue weighted by molar-refractivity contribution is -0.198. The molecule has 0 fully saturated rings. The fourth-order valence-corrected chi connectivity index (χ4v) is 3.70. The molecule has 4 aromatic rings. The first-order valence-electron chi connectivity index (χ1n) is 11.1. The zero-order valence-corrected chi connectivity index (χ0v) is 19.6. The quantitative estimate of drug-likeness (QED) is 0.323. The lowest BCUT2D eigenvalue weighted by atomic mass is 10.0. The Morgan fingerprint density at radius 3 is 2.43 bits per heavy atom. The summed E-state index contributed by atoms with van der Waals surface area (Å²) in [5.41, 5.74) is 13.5. The number of nitrogens with two attached hydrogens (primary N) is 2. The van der Waals surface area contributed by atoms with Crippen LogP contribution in [0.4, 0.5) is 19.1 Å². The van der Waals surface area contributed by atoms with Crippen molar-refractivity contribution >= 4 is 11.9 Å². The molecule has 0 unspecified atom stereocenters. The van der Waals surface area contributed by atoms with Gasteiger partial charge in [0.1, 0.15) is 6.04 Å². The molecule has 0 bridgehead atoms. The highest BCUT2D eigenvalue weighted by molar-refractivity contribution is 5.73. The van der Waals surface area contributed by atoms with Crippen molar-refractivity contribution in [1.29, 1.82) is 0 Å². The predicted octanol–water partition coefficient (Wildman–Crippen LogP) is 3.86. The average molecular weight is 512 g/mol. The first-order valence-corrected chi connectivity index (χ1v) is 11.1. The Balaban J connectivity index is 1.66. The number of aryl methyl sites for hydroxylation is 1. The summed E-state index contributed by atoms with van der Waals surface area (Å²) in [7, 11) is 0. The molecule has 0 saturated heterocycles. The molecule has 0 aliphatic carbocycles. The number of para-hydroxylation sites is 1. The molecule has 0 amide bonds. The fourth-order valence-electron chi connectivity index (χ4n) is 3.70. The number of carbonyl (C=O) groups is 1. The molecule has 4 rings (SSSR count). The normalized spacial score (nSPS) is 13.2. The number of nitrogen functional groups attached to an aromatic ring is 1. The number of hydrogen-bond donors (Lipinski definition) is 3. The van der Waals surface area contributed by atoms with Crippen molar-refractivity contribution in [2.24, 2.45) is 5.73 Å². The second-order valence-corrected chi connectivity index (χ2v) is 8.30. The zero-order valence-electron chi connectivity index (χ0n) is 19.6. The van der Waals surface area contributed by atoms with Gasteiger partial charge in [-0.05, 0) is 31.0 Å². The van der Waals surface area contributed by atoms with E-state index in [0.717, 1.165) is 0 Å². The molecule has 0 aliphatic rings. The number of alkyl halides is 3. The van der Waals surface area contributed by atoms with Gasteiger partial charge in [-0.1, -0.05) is 42.5 Å². The van der Waals surface area contributed by atoms with E-state index in [-0.39, 0.29) is 35.2 Å². The monoisotopic (exact) mass is 512 g/mol. The van der Waals surface area contributed by atoms with E-state index < -0.39 is 24.3 Å². The summed E-state index contributed by atoms with van der Waals surface area (Å²) in [4.78, 5) is 18.9. The van der Waals surface area contributed by atoms with E-state index in [1.807, 2.05) is 0 Å². The van der Waals surface area contributed by atoms with Gasteiger partial charge in [0.2, 0.25) is 17.9 Å². The van der Waals surface area contributed by atoms with Crippen molar-refractivity contribution in [3.63, 3.8) is 0 Å². The minimum Gasteiger partial charge on any atom is -0.480 e. The maximum atomic E-state index is 14.2. The van der Waals surface area contributed by atoms with Gasteiger partial charge in [-0.15, -0.1) is 0 Å². The van der Waals surface area contributed by atoms with E-state index in [1.165, 1.54) is 28.9 Å². The van der Waals surface area contributed by atoms with E-state index in [9.17, 15) is 18.0 Å². The zero-order chi connectivity index (χ0) is 26.7. The van der Waals surface area contributed by atoms with Crippen LogP contribution in [0.1, 0.15) is 22.9 Å². The molecule has 0 radical (unpaired) electrons. The van der Waals surface area contributed by atoms with Crippen LogP contribution in [0.25, 0.3) is 16.9 Å². The van der Waals surface area contributed by atoms with Gasteiger partial charge in [-0.25, -0.2) is 9.67 Å². The SMILES string of the molecule is Cc1ccn(-c2ccccc2[C@@H](Oc2cc(-c3ccc(C[C@H](N)C(=O)O)cc3)nc(N)n2)C(F)(F)F)n1. The Labute approximate surface area is 209 Å². The highest BCUT2D eigenvalue weighted by Gasteiger charge is 2.45. The molecule has 9 nitrogen and oxygen atoms in total. The largest absolute Gasteiger partial charge is 0.480 e. The van der Waals surface area contributed by atoms with E-state index in [0.29, 0.717) is 16.8 Å². The van der Waals surface area contributed by atoms with Crippen LogP contribution in [0, 0.1) is 6.92 Å². The molecule has 2 heterocycles. The van der Waals surface area contributed by atoms with Crippen LogP contribution in [0.2, 0.25) is 0 Å². The summed E-state index contributed by atoms with van der Waals surface area (Å²) in [5.74, 6) is -1.77. The molecule has 0 saturated carbocycles. The van der Waals surface area contributed by atoms with Crippen LogP contribution in [0.3, 0.4) is 0 Å². The molecule has 0 aliphatic heterocycles. The Bertz CT molecular complexity index is 1410. The van der Waals surface area contributed by atoms with Gasteiger partial charge < -0.3 is 21.3 Å². The van der Waals surface area contributed by atoms with Gasteiger partial charge in [-0.3, -0.25) is 4.79 Å². The second kappa shape index (κ2) is 10.3. The molecular weight excluding hydrogens is 489 g/mol. The van der Waals surface area contributed by atoms with Crippen molar-refractivity contribution < 1.29 is 27.8 Å². The third-order valence-corrected chi connectivity index (χ3v) is 5.47. The number of rotatable bonds is 8. The highest BCUT2D eigenvalue weighted by atomic mass is 19.4. The standard InChI is InChI=1S/C25H23F3N6O3/c1-14-10-11-34(33-14)20-5-3-2-4-17(20)22(25(26,27)28)37-21-13-19(31-24(30)32-21)16-8-6-15(7-9-16)12-18(29)23(35)36/h2-11,13,18,22H,12,29H2,1H3,(H,35,36)(H2,30,31,32)/t18-,22+/m0/s1. The number of halogens is 3. The average Bonchev–Trinajstić information content (AvgIpc) is 3.28. The summed E-state index contributed by atoms with van der Waals surface area (Å²) in [6, 6.07) is 14.4. The molecule has 2 atom stereocenters. The number of carboxylic acids is 1. The molecule has 12 heteroatoms. The van der Waals surface area contributed by atoms with Crippen molar-refractivity contribution in [2.75, 3.05) is 5.73 Å². The number of anilines is 1. The summed E-state index contributed by atoms with van der Waals surface area (Å²) < 4.78 is 49.5. The summed E-state index contributed by atoms with van der Waals surface area (Å²) in [6.07, 6.45) is -5.48. The van der Waals surface area contributed by atoms with Crippen molar-refractivity contribution in [3.05, 3.63) is 83.7 Å². The first-order chi connectivity index (χ1) is 17.5. The van der Waals surface area contributed by atoms with Gasteiger partial charge in [0.15, 0.2) is 0 Å². The van der Waals surface area contributed by atoms with Crippen molar-refractivity contribution in [2.45, 2.75) is 31.7 Å². The third kappa shape index (κ3) is 6.04. The number of hydrogen-bond acceptors (Lipinski definition) is 7. The number of nitrogens with zero attached hydrogens (tertiary/aromatic N) is 4. The second-order valence-electron chi connectivity index (χ2n) is 8.30. The Hall–Kier alpha value is -4.45. The van der Waals surface area contributed by atoms with E-state index in [1.54, 1.807) is 49.5 Å². The van der Waals surface area contributed by atoms with Crippen LogP contribution in [-0.2, 0) is 11.2 Å². The van der Waals surface area contributed by atoms with Crippen LogP contribution in [0.5, 0.6) is 5.88 Å². The fraction of sp³-hybridized carbons (Fsp3) is 0.200. The molecule has 2 aromatic carbocycles. The van der Waals surface area contributed by atoms with Gasteiger partial charge >= 0.3 is 12.1 Å². The molecule has 0 spiro atoms. The molecule has 5 N–H and O–H groups in total. The summed E-state index contributed by atoms with van der Waals surface area (Å²) in [5, 5.41) is 13.2. The van der Waals surface area contributed by atoms with Crippen molar-refractivity contribution in [1.82, 2.24) is 19.7 Å². The molecule has 2 aromatic heterocycles. The maximum absolute atomic E-state index is 14.2. The van der Waals surface area contributed by atoms with Gasteiger partial charge in [0.25, 0.3) is 0 Å². The van der Waals surface area contributed by atoms with E-state index >= 15 is 0 Å². The predicted molar refractivity (Wildman–Crippen MR) is 129 cm³/mol. The van der Waals surface area contributed by atoms with Gasteiger partial charge in [0.05, 0.1) is 17.1 Å². The van der Waals surface area contributed by atoms with E-state index in [4.69, 9.17) is 21.3 Å². The summed E-state index contributed by atoms with van der Waals surface area (Å²) >= 11 is 0. The van der Waals surface area contributed by atoms with Crippen LogP contribution < -0.4 is 16.2 Å².